The van der Waals surface area contributed by atoms with Crippen LogP contribution in [-0.4, -0.2) is 32.7 Å². The smallest absolute Gasteiger partial charge is 0.230 e. The summed E-state index contributed by atoms with van der Waals surface area (Å²) >= 11 is 6.19. The van der Waals surface area contributed by atoms with Gasteiger partial charge >= 0.3 is 0 Å². The van der Waals surface area contributed by atoms with E-state index in [1.807, 2.05) is 30.1 Å². The molecule has 5 rings (SSSR count). The largest absolute Gasteiger partial charge is 0.496 e. The van der Waals surface area contributed by atoms with Crippen molar-refractivity contribution in [1.82, 2.24) is 10.6 Å². The third-order valence-electron chi connectivity index (χ3n) is 6.61. The predicted molar refractivity (Wildman–Crippen MR) is 135 cm³/mol. The van der Waals surface area contributed by atoms with Crippen molar-refractivity contribution in [3.8, 4) is 5.75 Å². The molecule has 2 aromatic carbocycles. The van der Waals surface area contributed by atoms with Gasteiger partial charge in [0.25, 0.3) is 0 Å². The van der Waals surface area contributed by atoms with Crippen molar-refractivity contribution in [3.63, 3.8) is 0 Å². The van der Waals surface area contributed by atoms with Gasteiger partial charge in [-0.15, -0.1) is 34.0 Å². The summed E-state index contributed by atoms with van der Waals surface area (Å²) in [5, 5.41) is 8.05. The van der Waals surface area contributed by atoms with Crippen LogP contribution in [-0.2, 0) is 11.3 Å². The predicted octanol–water partition coefficient (Wildman–Crippen LogP) is 4.78. The molecule has 1 saturated carbocycles. The molecule has 168 valence electrons. The first-order valence-corrected chi connectivity index (χ1v) is 10.6. The lowest BCUT2D eigenvalue weighted by atomic mass is 9.97. The highest BCUT2D eigenvalue weighted by molar-refractivity contribution is 8.93. The van der Waals surface area contributed by atoms with Crippen LogP contribution in [0.2, 0.25) is 5.02 Å². The zero-order chi connectivity index (χ0) is 20.1. The SMILES string of the molecule is Br.Br.COc1cc2c(cc1CNC1CCNC1c1cccc(Cl)c1)N(C)C(=O)C1CC21. The van der Waals surface area contributed by atoms with Crippen LogP contribution in [0.15, 0.2) is 36.4 Å². The van der Waals surface area contributed by atoms with E-state index in [4.69, 9.17) is 16.3 Å². The quantitative estimate of drug-likeness (QED) is 0.541. The molecule has 5 nitrogen and oxygen atoms in total. The first-order valence-electron chi connectivity index (χ1n) is 10.3. The molecular formula is C23H28Br2ClN3O2. The maximum atomic E-state index is 12.4. The number of ether oxygens (including phenoxy) is 1. The Hall–Kier alpha value is -1.12. The summed E-state index contributed by atoms with van der Waals surface area (Å²) in [4.78, 5) is 14.3. The Bertz CT molecular complexity index is 974. The summed E-state index contributed by atoms with van der Waals surface area (Å²) < 4.78 is 5.71. The van der Waals surface area contributed by atoms with E-state index in [0.717, 1.165) is 41.4 Å². The fourth-order valence-electron chi connectivity index (χ4n) is 4.94. The van der Waals surface area contributed by atoms with Crippen LogP contribution in [0.25, 0.3) is 0 Å². The van der Waals surface area contributed by atoms with Crippen molar-refractivity contribution in [2.75, 3.05) is 25.6 Å². The van der Waals surface area contributed by atoms with Gasteiger partial charge in [0.15, 0.2) is 0 Å². The minimum absolute atomic E-state index is 0. The van der Waals surface area contributed by atoms with Gasteiger partial charge in [-0.2, -0.15) is 0 Å². The van der Waals surface area contributed by atoms with Crippen molar-refractivity contribution in [3.05, 3.63) is 58.1 Å². The average Bonchev–Trinajstić information content (AvgIpc) is 3.40. The Kier molecular flexibility index (Phi) is 7.75. The fourth-order valence-corrected chi connectivity index (χ4v) is 5.14. The number of nitrogens with one attached hydrogen (secondary N) is 2. The molecule has 0 spiro atoms. The maximum Gasteiger partial charge on any atom is 0.230 e. The monoisotopic (exact) mass is 571 g/mol. The highest BCUT2D eigenvalue weighted by Crippen LogP contribution is 2.56. The normalized spacial score (nSPS) is 25.8. The van der Waals surface area contributed by atoms with Gasteiger partial charge in [0.05, 0.1) is 7.11 Å². The Morgan fingerprint density at radius 2 is 2.03 bits per heavy atom. The van der Waals surface area contributed by atoms with E-state index in [2.05, 4.69) is 28.8 Å². The summed E-state index contributed by atoms with van der Waals surface area (Å²) in [6.07, 6.45) is 2.01. The molecule has 8 heteroatoms. The molecule has 1 saturated heterocycles. The van der Waals surface area contributed by atoms with Gasteiger partial charge in [0.1, 0.15) is 5.75 Å². The molecule has 0 bridgehead atoms. The molecule has 0 radical (unpaired) electrons. The number of methoxy groups -OCH3 is 1. The number of rotatable bonds is 5. The van der Waals surface area contributed by atoms with Crippen molar-refractivity contribution in [2.24, 2.45) is 5.92 Å². The molecule has 2 heterocycles. The number of halogens is 3. The van der Waals surface area contributed by atoms with E-state index >= 15 is 0 Å². The van der Waals surface area contributed by atoms with Crippen LogP contribution in [0.5, 0.6) is 5.75 Å². The molecule has 2 N–H and O–H groups in total. The topological polar surface area (TPSA) is 53.6 Å². The Morgan fingerprint density at radius 1 is 1.23 bits per heavy atom. The molecule has 2 aromatic rings. The molecule has 0 aromatic heterocycles. The first-order chi connectivity index (χ1) is 14.1. The van der Waals surface area contributed by atoms with Gasteiger partial charge in [0.2, 0.25) is 5.91 Å². The van der Waals surface area contributed by atoms with Crippen molar-refractivity contribution in [1.29, 1.82) is 0 Å². The second kappa shape index (κ2) is 9.79. The fraction of sp³-hybridized carbons (Fsp3) is 0.435. The van der Waals surface area contributed by atoms with Gasteiger partial charge in [-0.05, 0) is 60.7 Å². The van der Waals surface area contributed by atoms with Crippen LogP contribution in [0.4, 0.5) is 5.69 Å². The van der Waals surface area contributed by atoms with Gasteiger partial charge in [-0.1, -0.05) is 23.7 Å². The molecule has 2 aliphatic heterocycles. The first kappa shape index (κ1) is 24.5. The van der Waals surface area contributed by atoms with Crippen LogP contribution in [0.1, 0.15) is 41.5 Å². The highest BCUT2D eigenvalue weighted by atomic mass is 79.9. The third kappa shape index (κ3) is 4.53. The Balaban J connectivity index is 0.00000136. The van der Waals surface area contributed by atoms with Crippen molar-refractivity contribution >= 4 is 57.2 Å². The van der Waals surface area contributed by atoms with Gasteiger partial charge in [-0.3, -0.25) is 4.79 Å². The number of hydrogen-bond donors (Lipinski definition) is 2. The lowest BCUT2D eigenvalue weighted by molar-refractivity contribution is -0.119. The lowest BCUT2D eigenvalue weighted by Gasteiger charge is -2.28. The summed E-state index contributed by atoms with van der Waals surface area (Å²) in [7, 11) is 3.61. The zero-order valence-electron chi connectivity index (χ0n) is 17.6. The molecule has 31 heavy (non-hydrogen) atoms. The Morgan fingerprint density at radius 3 is 2.77 bits per heavy atom. The third-order valence-corrected chi connectivity index (χ3v) is 6.85. The van der Waals surface area contributed by atoms with Crippen LogP contribution in [0, 0.1) is 5.92 Å². The summed E-state index contributed by atoms with van der Waals surface area (Å²) in [6, 6.07) is 12.9. The van der Waals surface area contributed by atoms with E-state index in [1.165, 1.54) is 11.1 Å². The number of anilines is 1. The molecule has 2 fully saturated rings. The molecule has 4 atom stereocenters. The summed E-state index contributed by atoms with van der Waals surface area (Å²) in [6.45, 7) is 1.66. The standard InChI is InChI=1S/C23H26ClN3O2.2BrH/c1-27-20-9-14(21(29-2)11-17(20)16-10-18(16)23(27)28)12-26-19-6-7-25-22(19)13-4-3-5-15(24)8-13;;/h3-5,8-9,11,16,18-19,22,25-26H,6-7,10,12H2,1-2H3;2*1H. The summed E-state index contributed by atoms with van der Waals surface area (Å²) in [5.41, 5.74) is 4.57. The van der Waals surface area contributed by atoms with E-state index in [0.29, 0.717) is 18.5 Å². The number of benzene rings is 2. The number of nitrogens with zero attached hydrogens (tertiary/aromatic N) is 1. The van der Waals surface area contributed by atoms with E-state index in [1.54, 1.807) is 7.11 Å². The van der Waals surface area contributed by atoms with Crippen LogP contribution >= 0.6 is 45.6 Å². The molecule has 1 amide bonds. The zero-order valence-corrected chi connectivity index (χ0v) is 21.7. The van der Waals surface area contributed by atoms with Gasteiger partial charge in [-0.25, -0.2) is 0 Å². The minimum Gasteiger partial charge on any atom is -0.496 e. The number of carbonyl (C=O) groups excluding carboxylic acids is 1. The number of fused-ring (bicyclic) bond motifs is 3. The van der Waals surface area contributed by atoms with Gasteiger partial charge < -0.3 is 20.3 Å². The molecular weight excluding hydrogens is 546 g/mol. The number of carbonyl (C=O) groups is 1. The van der Waals surface area contributed by atoms with Crippen molar-refractivity contribution in [2.45, 2.75) is 37.4 Å². The van der Waals surface area contributed by atoms with E-state index in [9.17, 15) is 4.79 Å². The van der Waals surface area contributed by atoms with E-state index in [-0.39, 0.29) is 51.8 Å². The van der Waals surface area contributed by atoms with E-state index < -0.39 is 0 Å². The van der Waals surface area contributed by atoms with Gasteiger partial charge in [0, 0.05) is 47.9 Å². The second-order valence-electron chi connectivity index (χ2n) is 8.33. The maximum absolute atomic E-state index is 12.4. The van der Waals surface area contributed by atoms with Crippen LogP contribution in [0.3, 0.4) is 0 Å². The molecule has 3 aliphatic rings. The number of hydrogen-bond acceptors (Lipinski definition) is 4. The second-order valence-corrected chi connectivity index (χ2v) is 8.77. The highest BCUT2D eigenvalue weighted by Gasteiger charge is 2.50. The molecule has 1 aliphatic carbocycles. The summed E-state index contributed by atoms with van der Waals surface area (Å²) in [5.74, 6) is 1.68. The lowest BCUT2D eigenvalue weighted by Crippen LogP contribution is -2.34. The number of amides is 1. The van der Waals surface area contributed by atoms with Crippen LogP contribution < -0.4 is 20.3 Å². The van der Waals surface area contributed by atoms with Crippen molar-refractivity contribution < 1.29 is 9.53 Å². The Labute approximate surface area is 209 Å². The molecule has 4 unspecified atom stereocenters. The average molecular weight is 574 g/mol. The minimum atomic E-state index is 0.